The van der Waals surface area contributed by atoms with Crippen LogP contribution in [0.1, 0.15) is 110 Å². The summed E-state index contributed by atoms with van der Waals surface area (Å²) in [6, 6.07) is 24.2. The molecule has 0 unspecified atom stereocenters. The third-order valence-corrected chi connectivity index (χ3v) is 7.52. The molecule has 1 N–H and O–H groups in total. The van der Waals surface area contributed by atoms with E-state index in [0.717, 1.165) is 35.5 Å². The summed E-state index contributed by atoms with van der Waals surface area (Å²) in [6.45, 7) is 3.02. The molecule has 0 fully saturated rings. The van der Waals surface area contributed by atoms with Gasteiger partial charge in [0.2, 0.25) is 0 Å². The number of aromatic hydroxyl groups is 1. The van der Waals surface area contributed by atoms with Gasteiger partial charge in [0, 0.05) is 5.56 Å². The van der Waals surface area contributed by atoms with Gasteiger partial charge in [-0.1, -0.05) is 152 Å². The van der Waals surface area contributed by atoms with E-state index in [1.807, 2.05) is 42.5 Å². The highest BCUT2D eigenvalue weighted by Gasteiger charge is 2.08. The average Bonchev–Trinajstić information content (AvgIpc) is 2.96. The van der Waals surface area contributed by atoms with Crippen LogP contribution in [0.25, 0.3) is 22.3 Å². The minimum Gasteiger partial charge on any atom is -0.507 e. The van der Waals surface area contributed by atoms with Crippen LogP contribution < -0.4 is 4.74 Å². The zero-order valence-electron chi connectivity index (χ0n) is 23.8. The minimum absolute atomic E-state index is 0.282. The summed E-state index contributed by atoms with van der Waals surface area (Å²) in [5, 5.41) is 10.5. The summed E-state index contributed by atoms with van der Waals surface area (Å²) in [4.78, 5) is 0. The van der Waals surface area contributed by atoms with Crippen LogP contribution in [0.2, 0.25) is 0 Å². The summed E-state index contributed by atoms with van der Waals surface area (Å²) in [7, 11) is 0. The molecule has 0 aliphatic heterocycles. The highest BCUT2D eigenvalue weighted by atomic mass is 16.5. The lowest BCUT2D eigenvalue weighted by atomic mass is 9.98. The van der Waals surface area contributed by atoms with E-state index in [1.54, 1.807) is 6.07 Å². The summed E-state index contributed by atoms with van der Waals surface area (Å²) in [5.41, 5.74) is 4.12. The summed E-state index contributed by atoms with van der Waals surface area (Å²) >= 11 is 0. The van der Waals surface area contributed by atoms with Crippen LogP contribution in [-0.4, -0.2) is 11.7 Å². The molecule has 0 amide bonds. The van der Waals surface area contributed by atoms with Gasteiger partial charge in [0.1, 0.15) is 11.5 Å². The summed E-state index contributed by atoms with van der Waals surface area (Å²) < 4.78 is 6.05. The Labute approximate surface area is 232 Å². The van der Waals surface area contributed by atoms with Crippen molar-refractivity contribution in [1.29, 1.82) is 0 Å². The van der Waals surface area contributed by atoms with Gasteiger partial charge in [-0.25, -0.2) is 0 Å². The molecule has 0 aliphatic carbocycles. The van der Waals surface area contributed by atoms with Crippen molar-refractivity contribution in [2.45, 2.75) is 110 Å². The van der Waals surface area contributed by atoms with Crippen LogP contribution in [0, 0.1) is 0 Å². The monoisotopic (exact) mass is 514 g/mol. The Balaban J connectivity index is 1.26. The third-order valence-electron chi connectivity index (χ3n) is 7.52. The lowest BCUT2D eigenvalue weighted by molar-refractivity contribution is 0.304. The van der Waals surface area contributed by atoms with Gasteiger partial charge in [-0.2, -0.15) is 0 Å². The Kier molecular flexibility index (Phi) is 14.5. The van der Waals surface area contributed by atoms with Gasteiger partial charge in [0.15, 0.2) is 0 Å². The highest BCUT2D eigenvalue weighted by molar-refractivity contribution is 5.77. The fraction of sp³-hybridized carbons (Fsp3) is 0.500. The van der Waals surface area contributed by atoms with E-state index in [-0.39, 0.29) is 5.75 Å². The Morgan fingerprint density at radius 1 is 0.500 bits per heavy atom. The molecule has 0 atom stereocenters. The van der Waals surface area contributed by atoms with E-state index in [2.05, 4.69) is 31.2 Å². The number of rotatable bonds is 20. The second-order valence-electron chi connectivity index (χ2n) is 10.8. The van der Waals surface area contributed by atoms with E-state index in [1.165, 1.54) is 102 Å². The van der Waals surface area contributed by atoms with Crippen LogP contribution in [0.5, 0.6) is 11.5 Å². The van der Waals surface area contributed by atoms with Crippen LogP contribution in [0.15, 0.2) is 72.8 Å². The van der Waals surface area contributed by atoms with Crippen molar-refractivity contribution < 1.29 is 9.84 Å². The molecular weight excluding hydrogens is 464 g/mol. The van der Waals surface area contributed by atoms with Crippen molar-refractivity contribution in [3.8, 4) is 33.8 Å². The number of unbranched alkanes of at least 4 members (excludes halogenated alkanes) is 15. The van der Waals surface area contributed by atoms with E-state index >= 15 is 0 Å². The first-order chi connectivity index (χ1) is 18.8. The third kappa shape index (κ3) is 11.3. The fourth-order valence-electron chi connectivity index (χ4n) is 5.17. The lowest BCUT2D eigenvalue weighted by Crippen LogP contribution is -1.97. The molecular formula is C36H50O2. The average molecular weight is 515 g/mol. The molecule has 0 spiro atoms. The lowest BCUT2D eigenvalue weighted by Gasteiger charge is -2.11. The molecule has 2 heteroatoms. The van der Waals surface area contributed by atoms with Gasteiger partial charge < -0.3 is 9.84 Å². The number of ether oxygens (including phenoxy) is 1. The van der Waals surface area contributed by atoms with E-state index < -0.39 is 0 Å². The van der Waals surface area contributed by atoms with Crippen molar-refractivity contribution in [2.24, 2.45) is 0 Å². The van der Waals surface area contributed by atoms with Gasteiger partial charge in [0.25, 0.3) is 0 Å². The van der Waals surface area contributed by atoms with Crippen molar-refractivity contribution in [3.63, 3.8) is 0 Å². The summed E-state index contributed by atoms with van der Waals surface area (Å²) in [6.07, 6.45) is 22.0. The molecule has 206 valence electrons. The second kappa shape index (κ2) is 18.5. The molecule has 3 aromatic rings. The number of benzene rings is 3. The second-order valence-corrected chi connectivity index (χ2v) is 10.8. The quantitative estimate of drug-likeness (QED) is 0.152. The van der Waals surface area contributed by atoms with E-state index in [4.69, 9.17) is 4.74 Å². The minimum atomic E-state index is 0.282. The molecule has 0 radical (unpaired) electrons. The molecule has 38 heavy (non-hydrogen) atoms. The Morgan fingerprint density at radius 3 is 1.63 bits per heavy atom. The number of phenolic OH excluding ortho intramolecular Hbond substituents is 1. The molecule has 0 aliphatic rings. The maximum atomic E-state index is 10.5. The highest BCUT2D eigenvalue weighted by Crippen LogP contribution is 2.34. The van der Waals surface area contributed by atoms with Crippen molar-refractivity contribution >= 4 is 0 Å². The number of hydrogen-bond acceptors (Lipinski definition) is 2. The Hall–Kier alpha value is -2.74. The van der Waals surface area contributed by atoms with Gasteiger partial charge in [0.05, 0.1) is 6.61 Å². The maximum absolute atomic E-state index is 10.5. The first-order valence-corrected chi connectivity index (χ1v) is 15.4. The molecule has 0 bridgehead atoms. The van der Waals surface area contributed by atoms with Crippen LogP contribution in [-0.2, 0) is 0 Å². The largest absolute Gasteiger partial charge is 0.507 e. The predicted octanol–water partition coefficient (Wildman–Crippen LogP) is 11.4. The molecule has 0 aromatic heterocycles. The molecule has 3 rings (SSSR count). The van der Waals surface area contributed by atoms with Crippen LogP contribution in [0.3, 0.4) is 0 Å². The molecule has 0 saturated heterocycles. The Bertz CT molecular complexity index is 1010. The zero-order chi connectivity index (χ0) is 26.7. The molecule has 2 nitrogen and oxygen atoms in total. The van der Waals surface area contributed by atoms with Gasteiger partial charge in [-0.3, -0.25) is 0 Å². The van der Waals surface area contributed by atoms with Gasteiger partial charge in [-0.15, -0.1) is 0 Å². The predicted molar refractivity (Wildman–Crippen MR) is 164 cm³/mol. The fourth-order valence-corrected chi connectivity index (χ4v) is 5.17. The van der Waals surface area contributed by atoms with E-state index in [0.29, 0.717) is 0 Å². The van der Waals surface area contributed by atoms with Gasteiger partial charge in [-0.05, 0) is 47.4 Å². The normalized spacial score (nSPS) is 11.1. The zero-order valence-corrected chi connectivity index (χ0v) is 23.8. The summed E-state index contributed by atoms with van der Waals surface area (Å²) in [5.74, 6) is 1.11. The maximum Gasteiger partial charge on any atom is 0.123 e. The van der Waals surface area contributed by atoms with Crippen LogP contribution in [0.4, 0.5) is 0 Å². The Morgan fingerprint density at radius 2 is 1.03 bits per heavy atom. The van der Waals surface area contributed by atoms with E-state index in [9.17, 15) is 5.11 Å². The smallest absolute Gasteiger partial charge is 0.123 e. The molecule has 0 saturated carbocycles. The van der Waals surface area contributed by atoms with Gasteiger partial charge >= 0.3 is 0 Å². The van der Waals surface area contributed by atoms with Crippen molar-refractivity contribution in [2.75, 3.05) is 6.61 Å². The number of phenols is 1. The standard InChI is InChI=1S/C36H50O2/c1-2-3-4-5-6-7-8-9-10-11-12-13-14-15-16-20-28-38-34-26-27-36(37)35(30-34)33-25-21-24-32(29-33)31-22-18-17-19-23-31/h17-19,21-27,29-30,37H,2-16,20,28H2,1H3. The first kappa shape index (κ1) is 29.8. The van der Waals surface area contributed by atoms with Crippen molar-refractivity contribution in [3.05, 3.63) is 72.8 Å². The molecule has 3 aromatic carbocycles. The first-order valence-electron chi connectivity index (χ1n) is 15.4. The van der Waals surface area contributed by atoms with Crippen molar-refractivity contribution in [1.82, 2.24) is 0 Å². The topological polar surface area (TPSA) is 29.5 Å². The SMILES string of the molecule is CCCCCCCCCCCCCCCCCCOc1ccc(O)c(-c2cccc(-c3ccccc3)c2)c1. The molecule has 0 heterocycles. The van der Waals surface area contributed by atoms with Crippen LogP contribution >= 0.6 is 0 Å². The number of hydrogen-bond donors (Lipinski definition) is 1.